The quantitative estimate of drug-likeness (QED) is 0.596. The molecule has 0 radical (unpaired) electrons. The van der Waals surface area contributed by atoms with Gasteiger partial charge in [0.15, 0.2) is 0 Å². The third kappa shape index (κ3) is 1.55. The zero-order chi connectivity index (χ0) is 11.7. The van der Waals surface area contributed by atoms with Crippen LogP contribution in [0.1, 0.15) is 0 Å². The topological polar surface area (TPSA) is 65.3 Å². The van der Waals surface area contributed by atoms with Crippen molar-refractivity contribution in [3.05, 3.63) is 39.4 Å². The minimum atomic E-state index is -0.597. The van der Waals surface area contributed by atoms with Crippen LogP contribution < -0.4 is 4.74 Å². The number of rotatable bonds is 2. The van der Waals surface area contributed by atoms with Crippen molar-refractivity contribution in [2.24, 2.45) is 0 Å². The van der Waals surface area contributed by atoms with Gasteiger partial charge in [-0.15, -0.1) is 0 Å². The Morgan fingerprint density at radius 1 is 1.44 bits per heavy atom. The Hall–Kier alpha value is -1.88. The lowest BCUT2D eigenvalue weighted by Crippen LogP contribution is -1.98. The molecule has 0 atom stereocenters. The molecule has 0 N–H and O–H groups in total. The highest BCUT2D eigenvalue weighted by Crippen LogP contribution is 2.37. The highest BCUT2D eigenvalue weighted by atomic mass is 35.5. The molecule has 0 aliphatic carbocycles. The molecule has 0 fully saturated rings. The van der Waals surface area contributed by atoms with Crippen LogP contribution in [0.5, 0.6) is 5.88 Å². The second-order valence-electron chi connectivity index (χ2n) is 3.06. The van der Waals surface area contributed by atoms with E-state index in [-0.39, 0.29) is 16.6 Å². The van der Waals surface area contributed by atoms with Crippen LogP contribution in [-0.2, 0) is 0 Å². The summed E-state index contributed by atoms with van der Waals surface area (Å²) < 4.78 is 4.86. The predicted molar refractivity (Wildman–Crippen MR) is 60.0 cm³/mol. The van der Waals surface area contributed by atoms with Gasteiger partial charge in [0.25, 0.3) is 5.88 Å². The normalized spacial score (nSPS) is 10.4. The first-order valence-electron chi connectivity index (χ1n) is 4.41. The van der Waals surface area contributed by atoms with Crippen LogP contribution in [0.25, 0.3) is 10.9 Å². The first-order chi connectivity index (χ1) is 7.65. The lowest BCUT2D eigenvalue weighted by Gasteiger charge is -2.05. The number of nitro groups is 1. The number of pyridine rings is 1. The highest BCUT2D eigenvalue weighted by Gasteiger charge is 2.24. The first kappa shape index (κ1) is 10.6. The summed E-state index contributed by atoms with van der Waals surface area (Å²) in [5, 5.41) is 11.4. The number of para-hydroxylation sites is 1. The van der Waals surface area contributed by atoms with E-state index >= 15 is 0 Å². The Morgan fingerprint density at radius 3 is 2.75 bits per heavy atom. The van der Waals surface area contributed by atoms with Gasteiger partial charge in [0.1, 0.15) is 5.02 Å². The van der Waals surface area contributed by atoms with Crippen molar-refractivity contribution in [1.82, 2.24) is 4.98 Å². The molecule has 1 heterocycles. The van der Waals surface area contributed by atoms with Gasteiger partial charge in [-0.05, 0) is 6.07 Å². The molecule has 0 saturated carbocycles. The Labute approximate surface area is 95.8 Å². The highest BCUT2D eigenvalue weighted by molar-refractivity contribution is 6.37. The van der Waals surface area contributed by atoms with Crippen LogP contribution >= 0.6 is 11.6 Å². The molecule has 0 aliphatic heterocycles. The van der Waals surface area contributed by atoms with Crippen molar-refractivity contribution in [3.63, 3.8) is 0 Å². The minimum absolute atomic E-state index is 0.0486. The number of methoxy groups -OCH3 is 1. The smallest absolute Gasteiger partial charge is 0.349 e. The average Bonchev–Trinajstić information content (AvgIpc) is 2.28. The maximum absolute atomic E-state index is 10.8. The lowest BCUT2D eigenvalue weighted by molar-refractivity contribution is -0.385. The summed E-state index contributed by atoms with van der Waals surface area (Å²) >= 11 is 5.96. The molecule has 1 aromatic carbocycles. The molecule has 0 amide bonds. The Balaban J connectivity index is 2.87. The molecule has 0 bridgehead atoms. The van der Waals surface area contributed by atoms with E-state index in [4.69, 9.17) is 16.3 Å². The fourth-order valence-corrected chi connectivity index (χ4v) is 1.75. The van der Waals surface area contributed by atoms with E-state index in [0.717, 1.165) is 0 Å². The molecule has 0 aliphatic rings. The van der Waals surface area contributed by atoms with Gasteiger partial charge in [0, 0.05) is 5.39 Å². The molecule has 16 heavy (non-hydrogen) atoms. The van der Waals surface area contributed by atoms with Crippen molar-refractivity contribution < 1.29 is 9.66 Å². The Kier molecular flexibility index (Phi) is 2.62. The van der Waals surface area contributed by atoms with Crippen LogP contribution in [0.3, 0.4) is 0 Å². The number of halogens is 1. The monoisotopic (exact) mass is 238 g/mol. The zero-order valence-corrected chi connectivity index (χ0v) is 9.06. The molecule has 6 heteroatoms. The van der Waals surface area contributed by atoms with Crippen LogP contribution in [0.4, 0.5) is 5.69 Å². The summed E-state index contributed by atoms with van der Waals surface area (Å²) in [6.45, 7) is 0. The molecule has 1 aromatic heterocycles. The van der Waals surface area contributed by atoms with Crippen molar-refractivity contribution >= 4 is 28.2 Å². The summed E-state index contributed by atoms with van der Waals surface area (Å²) in [5.41, 5.74) is 0.262. The largest absolute Gasteiger partial charge is 0.476 e. The van der Waals surface area contributed by atoms with Crippen molar-refractivity contribution in [1.29, 1.82) is 0 Å². The van der Waals surface area contributed by atoms with E-state index in [0.29, 0.717) is 10.9 Å². The van der Waals surface area contributed by atoms with Gasteiger partial charge in [0.05, 0.1) is 17.5 Å². The van der Waals surface area contributed by atoms with Gasteiger partial charge in [-0.2, -0.15) is 0 Å². The number of fused-ring (bicyclic) bond motifs is 1. The third-order valence-electron chi connectivity index (χ3n) is 2.15. The van der Waals surface area contributed by atoms with Crippen LogP contribution in [0, 0.1) is 10.1 Å². The van der Waals surface area contributed by atoms with E-state index in [1.165, 1.54) is 7.11 Å². The van der Waals surface area contributed by atoms with Gasteiger partial charge >= 0.3 is 5.69 Å². The molecule has 0 spiro atoms. The van der Waals surface area contributed by atoms with E-state index in [9.17, 15) is 10.1 Å². The second-order valence-corrected chi connectivity index (χ2v) is 3.44. The summed E-state index contributed by atoms with van der Waals surface area (Å²) in [4.78, 5) is 14.3. The molecule has 0 unspecified atom stereocenters. The fraction of sp³-hybridized carbons (Fsp3) is 0.100. The minimum Gasteiger partial charge on any atom is -0.476 e. The van der Waals surface area contributed by atoms with Gasteiger partial charge in [-0.3, -0.25) is 10.1 Å². The van der Waals surface area contributed by atoms with Gasteiger partial charge in [0.2, 0.25) is 0 Å². The number of benzene rings is 1. The maximum atomic E-state index is 10.8. The number of aromatic nitrogens is 1. The van der Waals surface area contributed by atoms with Crippen molar-refractivity contribution in [2.75, 3.05) is 7.11 Å². The molecule has 2 rings (SSSR count). The molecular formula is C10H7ClN2O3. The molecule has 5 nitrogen and oxygen atoms in total. The number of nitrogens with zero attached hydrogens (tertiary/aromatic N) is 2. The predicted octanol–water partition coefficient (Wildman–Crippen LogP) is 2.81. The van der Waals surface area contributed by atoms with Gasteiger partial charge < -0.3 is 4.74 Å². The molecule has 2 aromatic rings. The van der Waals surface area contributed by atoms with Crippen LogP contribution in [0.2, 0.25) is 5.02 Å². The Bertz CT molecular complexity index is 571. The van der Waals surface area contributed by atoms with E-state index in [2.05, 4.69) is 4.98 Å². The second kappa shape index (κ2) is 3.94. The van der Waals surface area contributed by atoms with E-state index in [1.807, 2.05) is 0 Å². The fourth-order valence-electron chi connectivity index (χ4n) is 1.44. The molecule has 0 saturated heterocycles. The number of hydrogen-bond donors (Lipinski definition) is 0. The Morgan fingerprint density at radius 2 is 2.12 bits per heavy atom. The summed E-state index contributed by atoms with van der Waals surface area (Å²) in [7, 11) is 1.32. The summed E-state index contributed by atoms with van der Waals surface area (Å²) in [6.07, 6.45) is 0. The van der Waals surface area contributed by atoms with E-state index in [1.54, 1.807) is 24.3 Å². The lowest BCUT2D eigenvalue weighted by atomic mass is 10.2. The van der Waals surface area contributed by atoms with Crippen LogP contribution in [-0.4, -0.2) is 17.0 Å². The third-order valence-corrected chi connectivity index (χ3v) is 2.53. The number of hydrogen-bond acceptors (Lipinski definition) is 4. The SMILES string of the molecule is COc1nc2ccccc2c(Cl)c1[N+](=O)[O-]. The zero-order valence-electron chi connectivity index (χ0n) is 8.31. The molecular weight excluding hydrogens is 232 g/mol. The van der Waals surface area contributed by atoms with Gasteiger partial charge in [-0.25, -0.2) is 4.98 Å². The summed E-state index contributed by atoms with van der Waals surface area (Å²) in [6, 6.07) is 6.91. The van der Waals surface area contributed by atoms with Crippen LogP contribution in [0.15, 0.2) is 24.3 Å². The molecule has 82 valence electrons. The van der Waals surface area contributed by atoms with E-state index < -0.39 is 4.92 Å². The van der Waals surface area contributed by atoms with Crippen molar-refractivity contribution in [3.8, 4) is 5.88 Å². The summed E-state index contributed by atoms with van der Waals surface area (Å²) in [5.74, 6) is -0.0753. The standard InChI is InChI=1S/C10H7ClN2O3/c1-16-10-9(13(14)15)8(11)6-4-2-3-5-7(6)12-10/h2-5H,1H3. The first-order valence-corrected chi connectivity index (χ1v) is 4.79. The van der Waals surface area contributed by atoms with Crippen molar-refractivity contribution in [2.45, 2.75) is 0 Å². The average molecular weight is 239 g/mol. The van der Waals surface area contributed by atoms with Gasteiger partial charge in [-0.1, -0.05) is 29.8 Å². The maximum Gasteiger partial charge on any atom is 0.349 e. The number of ether oxygens (including phenoxy) is 1.